The third kappa shape index (κ3) is 5.11. The number of amides is 1. The predicted molar refractivity (Wildman–Crippen MR) is 101 cm³/mol. The van der Waals surface area contributed by atoms with Gasteiger partial charge in [0.05, 0.1) is 13.7 Å². The average Bonchev–Trinajstić information content (AvgIpc) is 2.70. The van der Waals surface area contributed by atoms with Gasteiger partial charge in [0, 0.05) is 56.9 Å². The Balaban J connectivity index is 1.52. The minimum Gasteiger partial charge on any atom is -0.497 e. The van der Waals surface area contributed by atoms with E-state index in [4.69, 9.17) is 9.47 Å². The molecule has 3 rings (SSSR count). The van der Waals surface area contributed by atoms with Gasteiger partial charge < -0.3 is 14.4 Å². The van der Waals surface area contributed by atoms with Gasteiger partial charge in [-0.3, -0.25) is 9.80 Å². The number of halogens is 1. The highest BCUT2D eigenvalue weighted by molar-refractivity contribution is 5.67. The maximum Gasteiger partial charge on any atom is 0.409 e. The lowest BCUT2D eigenvalue weighted by molar-refractivity contribution is 0.0410. The summed E-state index contributed by atoms with van der Waals surface area (Å²) in [6.07, 6.45) is 2.05. The van der Waals surface area contributed by atoms with Crippen molar-refractivity contribution in [1.29, 1.82) is 0 Å². The minimum absolute atomic E-state index is 0.209. The van der Waals surface area contributed by atoms with Gasteiger partial charge in [0.25, 0.3) is 0 Å². The third-order valence-corrected chi connectivity index (χ3v) is 5.49. The van der Waals surface area contributed by atoms with E-state index in [2.05, 4.69) is 9.80 Å². The minimum atomic E-state index is -0.211. The molecule has 0 aliphatic carbocycles. The molecule has 2 fully saturated rings. The van der Waals surface area contributed by atoms with Crippen molar-refractivity contribution in [2.24, 2.45) is 0 Å². The molecule has 2 saturated heterocycles. The molecule has 7 heteroatoms. The lowest BCUT2D eigenvalue weighted by Gasteiger charge is -2.43. The molecule has 1 atom stereocenters. The summed E-state index contributed by atoms with van der Waals surface area (Å²) in [6.45, 7) is 7.95. The average molecular weight is 379 g/mol. The van der Waals surface area contributed by atoms with Gasteiger partial charge in [-0.15, -0.1) is 0 Å². The first kappa shape index (κ1) is 19.9. The molecule has 0 saturated carbocycles. The van der Waals surface area contributed by atoms with Crippen LogP contribution in [0.15, 0.2) is 18.2 Å². The molecule has 0 radical (unpaired) electrons. The van der Waals surface area contributed by atoms with Crippen molar-refractivity contribution in [3.63, 3.8) is 0 Å². The van der Waals surface area contributed by atoms with Crippen LogP contribution in [0, 0.1) is 5.82 Å². The van der Waals surface area contributed by atoms with Crippen molar-refractivity contribution in [3.8, 4) is 5.75 Å². The zero-order valence-electron chi connectivity index (χ0n) is 16.3. The number of hydrogen-bond donors (Lipinski definition) is 0. The SMILES string of the molecule is CCOC(=O)N1CCN([C@@H]2CCCN(Cc3ccc(OC)cc3F)C2)CC1. The molecular weight excluding hydrogens is 349 g/mol. The van der Waals surface area contributed by atoms with E-state index in [1.165, 1.54) is 6.07 Å². The molecule has 6 nitrogen and oxygen atoms in total. The standard InChI is InChI=1S/C20H30FN3O3/c1-3-27-20(25)24-11-9-23(10-12-24)17-5-4-8-22(15-17)14-16-6-7-18(26-2)13-19(16)21/h6-7,13,17H,3-5,8-12,14-15H2,1-2H3/t17-/m1/s1. The van der Waals surface area contributed by atoms with E-state index in [-0.39, 0.29) is 11.9 Å². The third-order valence-electron chi connectivity index (χ3n) is 5.49. The van der Waals surface area contributed by atoms with E-state index in [0.717, 1.165) is 39.0 Å². The molecule has 0 spiro atoms. The molecule has 0 aromatic heterocycles. The maximum atomic E-state index is 14.3. The number of nitrogens with zero attached hydrogens (tertiary/aromatic N) is 3. The van der Waals surface area contributed by atoms with E-state index in [0.29, 0.717) is 43.6 Å². The zero-order valence-corrected chi connectivity index (χ0v) is 16.3. The highest BCUT2D eigenvalue weighted by Gasteiger charge is 2.30. The van der Waals surface area contributed by atoms with Gasteiger partial charge in [-0.25, -0.2) is 9.18 Å². The van der Waals surface area contributed by atoms with Gasteiger partial charge in [-0.1, -0.05) is 6.07 Å². The number of benzene rings is 1. The van der Waals surface area contributed by atoms with E-state index < -0.39 is 0 Å². The topological polar surface area (TPSA) is 45.2 Å². The van der Waals surface area contributed by atoms with Crippen molar-refractivity contribution in [2.45, 2.75) is 32.4 Å². The lowest BCUT2D eigenvalue weighted by atomic mass is 10.0. The van der Waals surface area contributed by atoms with Crippen LogP contribution in [0.2, 0.25) is 0 Å². The zero-order chi connectivity index (χ0) is 19.2. The van der Waals surface area contributed by atoms with Crippen LogP contribution in [0.4, 0.5) is 9.18 Å². The van der Waals surface area contributed by atoms with Crippen LogP contribution in [0.5, 0.6) is 5.75 Å². The van der Waals surface area contributed by atoms with E-state index >= 15 is 0 Å². The number of piperazine rings is 1. The molecule has 0 N–H and O–H groups in total. The van der Waals surface area contributed by atoms with Crippen molar-refractivity contribution in [2.75, 3.05) is 53.0 Å². The smallest absolute Gasteiger partial charge is 0.409 e. The summed E-state index contributed by atoms with van der Waals surface area (Å²) in [5, 5.41) is 0. The summed E-state index contributed by atoms with van der Waals surface area (Å²) >= 11 is 0. The fourth-order valence-corrected chi connectivity index (χ4v) is 3.98. The molecule has 2 aliphatic rings. The summed E-state index contributed by atoms with van der Waals surface area (Å²) in [6, 6.07) is 5.54. The van der Waals surface area contributed by atoms with Crippen LogP contribution < -0.4 is 4.74 Å². The Morgan fingerprint density at radius 1 is 1.22 bits per heavy atom. The number of methoxy groups -OCH3 is 1. The normalized spacial score (nSPS) is 21.9. The van der Waals surface area contributed by atoms with Gasteiger partial charge in [0.15, 0.2) is 0 Å². The summed E-state index contributed by atoms with van der Waals surface area (Å²) < 4.78 is 24.4. The molecule has 0 bridgehead atoms. The molecule has 1 amide bonds. The first-order valence-corrected chi connectivity index (χ1v) is 9.81. The van der Waals surface area contributed by atoms with Gasteiger partial charge in [-0.05, 0) is 32.4 Å². The van der Waals surface area contributed by atoms with Crippen LogP contribution in [0.3, 0.4) is 0 Å². The summed E-state index contributed by atoms with van der Waals surface area (Å²) in [4.78, 5) is 18.4. The largest absolute Gasteiger partial charge is 0.497 e. The van der Waals surface area contributed by atoms with Crippen molar-refractivity contribution < 1.29 is 18.7 Å². The lowest BCUT2D eigenvalue weighted by Crippen LogP contribution is -2.55. The number of rotatable bonds is 5. The molecule has 27 heavy (non-hydrogen) atoms. The highest BCUT2D eigenvalue weighted by atomic mass is 19.1. The number of carbonyl (C=O) groups is 1. The maximum absolute atomic E-state index is 14.3. The van der Waals surface area contributed by atoms with Gasteiger partial charge in [-0.2, -0.15) is 0 Å². The van der Waals surface area contributed by atoms with E-state index in [9.17, 15) is 9.18 Å². The highest BCUT2D eigenvalue weighted by Crippen LogP contribution is 2.22. The van der Waals surface area contributed by atoms with Crippen LogP contribution in [0.25, 0.3) is 0 Å². The summed E-state index contributed by atoms with van der Waals surface area (Å²) in [5.41, 5.74) is 0.712. The Bertz CT molecular complexity index is 635. The number of carbonyl (C=O) groups excluding carboxylic acids is 1. The number of ether oxygens (including phenoxy) is 2. The Kier molecular flexibility index (Phi) is 6.90. The molecule has 2 heterocycles. The van der Waals surface area contributed by atoms with Crippen molar-refractivity contribution in [3.05, 3.63) is 29.6 Å². The fraction of sp³-hybridized carbons (Fsp3) is 0.650. The second-order valence-electron chi connectivity index (χ2n) is 7.21. The van der Waals surface area contributed by atoms with Crippen LogP contribution in [-0.4, -0.2) is 79.8 Å². The number of likely N-dealkylation sites (tertiary alicyclic amines) is 1. The van der Waals surface area contributed by atoms with Crippen LogP contribution in [0.1, 0.15) is 25.3 Å². The molecular formula is C20H30FN3O3. The Morgan fingerprint density at radius 2 is 2.00 bits per heavy atom. The van der Waals surface area contributed by atoms with Gasteiger partial charge in [0.2, 0.25) is 0 Å². The number of hydrogen-bond acceptors (Lipinski definition) is 5. The first-order valence-electron chi connectivity index (χ1n) is 9.81. The molecule has 0 unspecified atom stereocenters. The number of piperidine rings is 1. The van der Waals surface area contributed by atoms with E-state index in [1.807, 2.05) is 19.1 Å². The van der Waals surface area contributed by atoms with Gasteiger partial charge >= 0.3 is 6.09 Å². The van der Waals surface area contributed by atoms with Crippen LogP contribution in [-0.2, 0) is 11.3 Å². The second-order valence-corrected chi connectivity index (χ2v) is 7.21. The molecule has 1 aromatic rings. The van der Waals surface area contributed by atoms with Crippen LogP contribution >= 0.6 is 0 Å². The molecule has 1 aromatic carbocycles. The Hall–Kier alpha value is -1.86. The van der Waals surface area contributed by atoms with Crippen molar-refractivity contribution in [1.82, 2.24) is 14.7 Å². The quantitative estimate of drug-likeness (QED) is 0.787. The molecule has 150 valence electrons. The first-order chi connectivity index (χ1) is 13.1. The summed E-state index contributed by atoms with van der Waals surface area (Å²) in [7, 11) is 1.55. The fourth-order valence-electron chi connectivity index (χ4n) is 3.98. The second kappa shape index (κ2) is 9.37. The predicted octanol–water partition coefficient (Wildman–Crippen LogP) is 2.57. The van der Waals surface area contributed by atoms with Crippen molar-refractivity contribution >= 4 is 6.09 Å². The molecule has 2 aliphatic heterocycles. The summed E-state index contributed by atoms with van der Waals surface area (Å²) in [5.74, 6) is 0.340. The van der Waals surface area contributed by atoms with Gasteiger partial charge in [0.1, 0.15) is 11.6 Å². The van der Waals surface area contributed by atoms with E-state index in [1.54, 1.807) is 12.0 Å². The monoisotopic (exact) mass is 379 g/mol. The Morgan fingerprint density at radius 3 is 2.67 bits per heavy atom. The Labute approximate surface area is 160 Å².